The van der Waals surface area contributed by atoms with Gasteiger partial charge in [0.2, 0.25) is 11.8 Å². The Morgan fingerprint density at radius 3 is 2.34 bits per heavy atom. The number of hydrogen-bond donors (Lipinski definition) is 5. The van der Waals surface area contributed by atoms with E-state index < -0.39 is 17.9 Å². The van der Waals surface area contributed by atoms with E-state index in [9.17, 15) is 14.4 Å². The summed E-state index contributed by atoms with van der Waals surface area (Å²) in [5.41, 5.74) is 17.3. The van der Waals surface area contributed by atoms with Gasteiger partial charge in [-0.2, -0.15) is 0 Å². The first-order chi connectivity index (χ1) is 13.9. The van der Waals surface area contributed by atoms with Gasteiger partial charge in [0.15, 0.2) is 0 Å². The van der Waals surface area contributed by atoms with E-state index in [1.54, 1.807) is 24.3 Å². The van der Waals surface area contributed by atoms with Crippen LogP contribution in [0.5, 0.6) is 0 Å². The van der Waals surface area contributed by atoms with Crippen LogP contribution in [0.15, 0.2) is 24.3 Å². The number of nitrogens with two attached hydrogens (primary N) is 3. The van der Waals surface area contributed by atoms with E-state index in [1.807, 2.05) is 0 Å². The maximum Gasteiger partial charge on any atom is 0.251 e. The molecule has 0 saturated heterocycles. The van der Waals surface area contributed by atoms with Crippen LogP contribution >= 0.6 is 0 Å². The first kappa shape index (κ1) is 24.3. The fourth-order valence-corrected chi connectivity index (χ4v) is 2.40. The smallest absolute Gasteiger partial charge is 0.251 e. The zero-order valence-corrected chi connectivity index (χ0v) is 16.5. The minimum Gasteiger partial charge on any atom is -0.399 e. The molecule has 0 spiro atoms. The molecule has 0 radical (unpaired) electrons. The number of hydrogen-bond acceptors (Lipinski definition) is 7. The highest BCUT2D eigenvalue weighted by molar-refractivity contribution is 5.94. The number of anilines is 1. The Balaban J connectivity index is 2.20. The third-order valence-electron chi connectivity index (χ3n) is 3.92. The van der Waals surface area contributed by atoms with Crippen molar-refractivity contribution in [1.29, 1.82) is 0 Å². The summed E-state index contributed by atoms with van der Waals surface area (Å²) in [6, 6.07) is 5.83. The van der Waals surface area contributed by atoms with Crippen molar-refractivity contribution in [3.05, 3.63) is 29.8 Å². The third-order valence-corrected chi connectivity index (χ3v) is 3.92. The van der Waals surface area contributed by atoms with E-state index in [4.69, 9.17) is 26.7 Å². The lowest BCUT2D eigenvalue weighted by atomic mass is 10.1. The van der Waals surface area contributed by atoms with Crippen molar-refractivity contribution >= 4 is 23.4 Å². The minimum absolute atomic E-state index is 0.187. The van der Waals surface area contributed by atoms with E-state index in [0.717, 1.165) is 0 Å². The molecule has 0 fully saturated rings. The highest BCUT2D eigenvalue weighted by Gasteiger charge is 2.17. The second-order valence-electron chi connectivity index (χ2n) is 6.35. The van der Waals surface area contributed by atoms with Crippen molar-refractivity contribution in [2.75, 3.05) is 45.3 Å². The molecule has 0 aromatic heterocycles. The van der Waals surface area contributed by atoms with Crippen molar-refractivity contribution in [2.24, 2.45) is 11.5 Å². The van der Waals surface area contributed by atoms with Crippen molar-refractivity contribution < 1.29 is 23.9 Å². The number of carbonyl (C=O) groups excluding carboxylic acids is 3. The van der Waals surface area contributed by atoms with Gasteiger partial charge in [-0.25, -0.2) is 0 Å². The van der Waals surface area contributed by atoms with Crippen LogP contribution in [0, 0.1) is 0 Å². The standard InChI is InChI=1S/C19H31N5O5/c20-8-10-28-11-12-29-13-17(25)24-16(18(22)26)3-1-2-9-23-19(27)14-4-6-15(21)7-5-14/h4-7,16H,1-3,8-13,20-21H2,(H2,22,26)(H,23,27)(H,24,25). The summed E-state index contributed by atoms with van der Waals surface area (Å²) in [5.74, 6) is -1.24. The van der Waals surface area contributed by atoms with E-state index >= 15 is 0 Å². The molecule has 8 N–H and O–H groups in total. The monoisotopic (exact) mass is 409 g/mol. The Hall–Kier alpha value is -2.69. The quantitative estimate of drug-likeness (QED) is 0.185. The van der Waals surface area contributed by atoms with Gasteiger partial charge in [0.25, 0.3) is 5.91 Å². The van der Waals surface area contributed by atoms with Crippen molar-refractivity contribution in [3.63, 3.8) is 0 Å². The highest BCUT2D eigenvalue weighted by Crippen LogP contribution is 2.05. The highest BCUT2D eigenvalue weighted by atomic mass is 16.5. The van der Waals surface area contributed by atoms with Crippen LogP contribution in [0.4, 0.5) is 5.69 Å². The maximum atomic E-state index is 12.0. The van der Waals surface area contributed by atoms with E-state index in [-0.39, 0.29) is 19.1 Å². The molecule has 1 unspecified atom stereocenters. The molecular formula is C19H31N5O5. The molecule has 0 aliphatic carbocycles. The van der Waals surface area contributed by atoms with Gasteiger partial charge >= 0.3 is 0 Å². The number of nitrogens with one attached hydrogen (secondary N) is 2. The first-order valence-corrected chi connectivity index (χ1v) is 9.52. The molecule has 0 aliphatic rings. The molecule has 1 aromatic rings. The lowest BCUT2D eigenvalue weighted by Crippen LogP contribution is -2.45. The molecule has 0 saturated carbocycles. The summed E-state index contributed by atoms with van der Waals surface area (Å²) in [7, 11) is 0. The van der Waals surface area contributed by atoms with E-state index in [0.29, 0.717) is 56.8 Å². The topological polar surface area (TPSA) is 172 Å². The lowest BCUT2D eigenvalue weighted by Gasteiger charge is -2.15. The molecular weight excluding hydrogens is 378 g/mol. The van der Waals surface area contributed by atoms with Crippen LogP contribution in [0.25, 0.3) is 0 Å². The van der Waals surface area contributed by atoms with Crippen molar-refractivity contribution in [2.45, 2.75) is 25.3 Å². The van der Waals surface area contributed by atoms with Crippen LogP contribution in [0.1, 0.15) is 29.6 Å². The predicted octanol–water partition coefficient (Wildman–Crippen LogP) is -0.869. The van der Waals surface area contributed by atoms with Gasteiger partial charge in [-0.05, 0) is 43.5 Å². The second-order valence-corrected chi connectivity index (χ2v) is 6.35. The molecule has 1 atom stereocenters. The number of unbranched alkanes of at least 4 members (excludes halogenated alkanes) is 1. The zero-order valence-electron chi connectivity index (χ0n) is 16.5. The van der Waals surface area contributed by atoms with Gasteiger partial charge in [-0.1, -0.05) is 0 Å². The normalized spacial score (nSPS) is 11.6. The van der Waals surface area contributed by atoms with Crippen LogP contribution in [0.2, 0.25) is 0 Å². The maximum absolute atomic E-state index is 12.0. The number of ether oxygens (including phenoxy) is 2. The molecule has 162 valence electrons. The van der Waals surface area contributed by atoms with Crippen LogP contribution in [-0.4, -0.2) is 63.3 Å². The number of rotatable bonds is 15. The zero-order chi connectivity index (χ0) is 21.5. The number of primary amides is 1. The molecule has 10 nitrogen and oxygen atoms in total. The van der Waals surface area contributed by atoms with Gasteiger partial charge in [0.1, 0.15) is 12.6 Å². The first-order valence-electron chi connectivity index (χ1n) is 9.52. The molecule has 10 heteroatoms. The average Bonchev–Trinajstić information content (AvgIpc) is 2.69. The SMILES string of the molecule is NCCOCCOCC(=O)NC(CCCCNC(=O)c1ccc(N)cc1)C(N)=O. The Bertz CT molecular complexity index is 638. The molecule has 29 heavy (non-hydrogen) atoms. The lowest BCUT2D eigenvalue weighted by molar-refractivity contribution is -0.130. The molecule has 0 bridgehead atoms. The van der Waals surface area contributed by atoms with Gasteiger partial charge in [0.05, 0.1) is 19.8 Å². The number of amides is 3. The van der Waals surface area contributed by atoms with E-state index in [1.165, 1.54) is 0 Å². The van der Waals surface area contributed by atoms with Gasteiger partial charge < -0.3 is 37.3 Å². The van der Waals surface area contributed by atoms with Crippen molar-refractivity contribution in [3.8, 4) is 0 Å². The van der Waals surface area contributed by atoms with Crippen molar-refractivity contribution in [1.82, 2.24) is 10.6 Å². The fraction of sp³-hybridized carbons (Fsp3) is 0.526. The Kier molecular flexibility index (Phi) is 12.0. The van der Waals surface area contributed by atoms with Gasteiger partial charge in [0, 0.05) is 24.3 Å². The van der Waals surface area contributed by atoms with Gasteiger partial charge in [-0.3, -0.25) is 14.4 Å². The minimum atomic E-state index is -0.785. The second kappa shape index (κ2) is 14.3. The molecule has 3 amide bonds. The van der Waals surface area contributed by atoms with Crippen LogP contribution < -0.4 is 27.8 Å². The summed E-state index contributed by atoms with van der Waals surface area (Å²) in [6.45, 7) is 1.70. The van der Waals surface area contributed by atoms with E-state index in [2.05, 4.69) is 10.6 Å². The van der Waals surface area contributed by atoms with Crippen LogP contribution in [0.3, 0.4) is 0 Å². The summed E-state index contributed by atoms with van der Waals surface area (Å²) >= 11 is 0. The predicted molar refractivity (Wildman–Crippen MR) is 109 cm³/mol. The average molecular weight is 409 g/mol. The number of carbonyl (C=O) groups is 3. The largest absolute Gasteiger partial charge is 0.399 e. The molecule has 1 aromatic carbocycles. The van der Waals surface area contributed by atoms with Gasteiger partial charge in [-0.15, -0.1) is 0 Å². The Labute approximate surface area is 170 Å². The summed E-state index contributed by atoms with van der Waals surface area (Å²) in [6.07, 6.45) is 1.61. The summed E-state index contributed by atoms with van der Waals surface area (Å²) in [4.78, 5) is 35.3. The summed E-state index contributed by atoms with van der Waals surface area (Å²) < 4.78 is 10.3. The molecule has 1 rings (SSSR count). The number of nitrogen functional groups attached to an aromatic ring is 1. The Morgan fingerprint density at radius 2 is 1.69 bits per heavy atom. The summed E-state index contributed by atoms with van der Waals surface area (Å²) in [5, 5.41) is 5.34. The fourth-order valence-electron chi connectivity index (χ4n) is 2.40. The van der Waals surface area contributed by atoms with Crippen LogP contribution in [-0.2, 0) is 19.1 Å². The molecule has 0 heterocycles. The third kappa shape index (κ3) is 11.0. The number of benzene rings is 1. The Morgan fingerprint density at radius 1 is 1.00 bits per heavy atom. The molecule has 0 aliphatic heterocycles.